The second-order valence-electron chi connectivity index (χ2n) is 10.4. The normalized spacial score (nSPS) is 13.2. The van der Waals surface area contributed by atoms with Gasteiger partial charge in [0.1, 0.15) is 0 Å². The van der Waals surface area contributed by atoms with E-state index in [4.69, 9.17) is 0 Å². The zero-order valence-electron chi connectivity index (χ0n) is 22.4. The van der Waals surface area contributed by atoms with Gasteiger partial charge < -0.3 is 0 Å². The van der Waals surface area contributed by atoms with E-state index in [1.54, 1.807) is 6.49 Å². The number of rotatable bonds is 4. The predicted octanol–water partition coefficient (Wildman–Crippen LogP) is 9.56. The van der Waals surface area contributed by atoms with Crippen molar-refractivity contribution in [2.45, 2.75) is 37.7 Å². The first-order chi connectivity index (χ1) is 17.5. The fourth-order valence-electron chi connectivity index (χ4n) is 6.23. The number of aryl methyl sites for hydroxylation is 4. The topological polar surface area (TPSA) is 0 Å². The van der Waals surface area contributed by atoms with Crippen LogP contribution in [0.15, 0.2) is 106 Å². The van der Waals surface area contributed by atoms with Crippen molar-refractivity contribution >= 4 is 28.0 Å². The Morgan fingerprint density at radius 1 is 0.658 bits per heavy atom. The summed E-state index contributed by atoms with van der Waals surface area (Å²) in [7, 11) is 0. The maximum atomic E-state index is 2.46. The predicted molar refractivity (Wildman–Crippen MR) is 165 cm³/mol. The quantitative estimate of drug-likeness (QED) is 0.214. The molecule has 0 aliphatic heterocycles. The number of fused-ring (bicyclic) bond motifs is 3. The Kier molecular flexibility index (Phi) is 8.94. The van der Waals surface area contributed by atoms with Crippen molar-refractivity contribution in [3.05, 3.63) is 151 Å². The molecule has 0 saturated heterocycles. The molecule has 38 heavy (non-hydrogen) atoms. The van der Waals surface area contributed by atoms with Gasteiger partial charge in [0, 0.05) is 0 Å². The Balaban J connectivity index is 0.00000168. The molecule has 4 aromatic rings. The summed E-state index contributed by atoms with van der Waals surface area (Å²) in [5, 5.41) is 0. The van der Waals surface area contributed by atoms with Gasteiger partial charge in [-0.05, 0) is 0 Å². The van der Waals surface area contributed by atoms with Gasteiger partial charge in [0.05, 0.1) is 0 Å². The average molecular weight is 617 g/mol. The van der Waals surface area contributed by atoms with E-state index >= 15 is 0 Å². The first-order valence-corrected chi connectivity index (χ1v) is 16.8. The molecule has 0 fully saturated rings. The van der Waals surface area contributed by atoms with Gasteiger partial charge >= 0.3 is 224 Å². The molecule has 192 valence electrons. The molecular formula is C35H34Cl2Zr. The van der Waals surface area contributed by atoms with Crippen LogP contribution in [-0.4, -0.2) is 3.21 Å². The molecule has 0 saturated carbocycles. The Hall–Kier alpha value is -2.31. The van der Waals surface area contributed by atoms with Crippen LogP contribution in [0, 0.1) is 27.7 Å². The van der Waals surface area contributed by atoms with Crippen LogP contribution in [0.4, 0.5) is 0 Å². The molecule has 0 aromatic heterocycles. The van der Waals surface area contributed by atoms with Gasteiger partial charge in [-0.2, -0.15) is 0 Å². The van der Waals surface area contributed by atoms with Crippen molar-refractivity contribution < 1.29 is 21.3 Å². The SMILES string of the molecule is Cc1ccc([C](c2ccc(C)cc2C)=[Zr]([C]2=CC=CC2)[CH]2c3ccccc3-c3ccccc32)c(C)c1.Cl.Cl. The maximum absolute atomic E-state index is 2.58. The Bertz CT molecular complexity index is 1510. The molecule has 0 amide bonds. The standard InChI is InChI=1S/C17H18.C13H9.C5H5.2ClH.Zr/c1-12-5-7-16(14(3)9-12)11-17-8-6-13(2)10-15(17)4;1-3-7-12-10(5-1)9-11-6-2-4-8-13(11)12;1-2-4-5-3-1;;;/h5-10H,1-4H3;1-9H;1-3H,4H2;2*1H;. The fraction of sp³-hybridized carbons (Fsp3) is 0.171. The molecule has 0 radical (unpaired) electrons. The van der Waals surface area contributed by atoms with Crippen molar-refractivity contribution in [1.82, 2.24) is 0 Å². The number of allylic oxidation sites excluding steroid dienone is 4. The minimum absolute atomic E-state index is 0. The van der Waals surface area contributed by atoms with Gasteiger partial charge in [0.2, 0.25) is 0 Å². The van der Waals surface area contributed by atoms with Crippen LogP contribution in [-0.2, 0) is 21.3 Å². The smallest absolute Gasteiger partial charge is 0.147 e. The Morgan fingerprint density at radius 3 is 1.61 bits per heavy atom. The molecule has 4 aromatic carbocycles. The molecule has 0 atom stereocenters. The number of benzene rings is 4. The van der Waals surface area contributed by atoms with Gasteiger partial charge in [-0.3, -0.25) is 0 Å². The molecule has 0 spiro atoms. The monoisotopic (exact) mass is 614 g/mol. The Labute approximate surface area is 247 Å². The van der Waals surface area contributed by atoms with Gasteiger partial charge in [0.15, 0.2) is 0 Å². The summed E-state index contributed by atoms with van der Waals surface area (Å²) in [6.45, 7) is 9.04. The van der Waals surface area contributed by atoms with Gasteiger partial charge in [0.25, 0.3) is 0 Å². The molecule has 2 aliphatic carbocycles. The number of hydrogen-bond acceptors (Lipinski definition) is 0. The summed E-state index contributed by atoms with van der Waals surface area (Å²) in [6, 6.07) is 32.6. The van der Waals surface area contributed by atoms with Crippen molar-refractivity contribution in [2.75, 3.05) is 0 Å². The first kappa shape index (κ1) is 28.7. The third kappa shape index (κ3) is 5.02. The summed E-state index contributed by atoms with van der Waals surface area (Å²) in [6.07, 6.45) is 8.22. The molecule has 2 aliphatic rings. The second kappa shape index (κ2) is 11.8. The second-order valence-corrected chi connectivity index (χ2v) is 16.6. The van der Waals surface area contributed by atoms with Crippen molar-refractivity contribution in [3.8, 4) is 11.1 Å². The molecule has 0 heterocycles. The molecule has 0 nitrogen and oxygen atoms in total. The number of hydrogen-bond donors (Lipinski definition) is 0. The van der Waals surface area contributed by atoms with Crippen LogP contribution < -0.4 is 0 Å². The maximum Gasteiger partial charge on any atom is -0.147 e. The molecule has 0 bridgehead atoms. The van der Waals surface area contributed by atoms with E-state index in [9.17, 15) is 0 Å². The van der Waals surface area contributed by atoms with E-state index < -0.39 is 21.3 Å². The van der Waals surface area contributed by atoms with Crippen molar-refractivity contribution in [2.24, 2.45) is 0 Å². The van der Waals surface area contributed by atoms with Crippen LogP contribution in [0.2, 0.25) is 0 Å². The number of halogens is 2. The van der Waals surface area contributed by atoms with E-state index in [0.717, 1.165) is 6.42 Å². The zero-order chi connectivity index (χ0) is 24.8. The van der Waals surface area contributed by atoms with E-state index in [1.807, 2.05) is 0 Å². The fourth-order valence-corrected chi connectivity index (χ4v) is 15.7. The van der Waals surface area contributed by atoms with Crippen molar-refractivity contribution in [1.29, 1.82) is 0 Å². The largest absolute Gasteiger partial charge is 0.147 e. The summed E-state index contributed by atoms with van der Waals surface area (Å²) in [5.74, 6) is 0. The van der Waals surface area contributed by atoms with Gasteiger partial charge in [-0.15, -0.1) is 24.8 Å². The van der Waals surface area contributed by atoms with E-state index in [1.165, 1.54) is 55.6 Å². The van der Waals surface area contributed by atoms with Crippen LogP contribution in [0.25, 0.3) is 11.1 Å². The summed E-state index contributed by atoms with van der Waals surface area (Å²) in [4.78, 5) is 0. The first-order valence-electron chi connectivity index (χ1n) is 13.0. The van der Waals surface area contributed by atoms with Crippen LogP contribution in [0.3, 0.4) is 0 Å². The van der Waals surface area contributed by atoms with Gasteiger partial charge in [-0.25, -0.2) is 0 Å². The van der Waals surface area contributed by atoms with Crippen LogP contribution >= 0.6 is 24.8 Å². The van der Waals surface area contributed by atoms with E-state index in [-0.39, 0.29) is 24.8 Å². The van der Waals surface area contributed by atoms with E-state index in [0.29, 0.717) is 3.63 Å². The molecular weight excluding hydrogens is 583 g/mol. The zero-order valence-corrected chi connectivity index (χ0v) is 26.5. The molecule has 0 unspecified atom stereocenters. The summed E-state index contributed by atoms with van der Waals surface area (Å²) in [5.41, 5.74) is 14.3. The minimum atomic E-state index is -2.58. The Morgan fingerprint density at radius 2 is 1.16 bits per heavy atom. The minimum Gasteiger partial charge on any atom is -0.147 e. The molecule has 0 N–H and O–H groups in total. The van der Waals surface area contributed by atoms with Crippen molar-refractivity contribution in [3.63, 3.8) is 0 Å². The van der Waals surface area contributed by atoms with Gasteiger partial charge in [-0.1, -0.05) is 0 Å². The summed E-state index contributed by atoms with van der Waals surface area (Å²) < 4.78 is 3.82. The van der Waals surface area contributed by atoms with Crippen LogP contribution in [0.1, 0.15) is 54.6 Å². The summed E-state index contributed by atoms with van der Waals surface area (Å²) >= 11 is -2.58. The van der Waals surface area contributed by atoms with E-state index in [2.05, 4.69) is 131 Å². The van der Waals surface area contributed by atoms with Crippen LogP contribution in [0.5, 0.6) is 0 Å². The molecule has 3 heteroatoms. The average Bonchev–Trinajstić information content (AvgIpc) is 3.51. The third-order valence-corrected chi connectivity index (χ3v) is 16.0. The molecule has 6 rings (SSSR count). The third-order valence-electron chi connectivity index (χ3n) is 7.81.